The predicted octanol–water partition coefficient (Wildman–Crippen LogP) is 4.70. The highest BCUT2D eigenvalue weighted by Crippen LogP contribution is 2.34. The van der Waals surface area contributed by atoms with Gasteiger partial charge < -0.3 is 20.6 Å². The Kier molecular flexibility index (Phi) is 6.57. The number of aliphatic hydroxyl groups is 1. The summed E-state index contributed by atoms with van der Waals surface area (Å²) >= 11 is 5.82. The molecule has 0 radical (unpaired) electrons. The molecule has 0 saturated carbocycles. The van der Waals surface area contributed by atoms with E-state index in [-0.39, 0.29) is 30.8 Å². The number of nitrogens with zero attached hydrogens (tertiary/aromatic N) is 1. The van der Waals surface area contributed by atoms with Gasteiger partial charge in [0.25, 0.3) is 0 Å². The molecule has 0 aromatic heterocycles. The van der Waals surface area contributed by atoms with E-state index in [1.165, 1.54) is 12.1 Å². The van der Waals surface area contributed by atoms with Crippen molar-refractivity contribution in [3.8, 4) is 11.1 Å². The highest BCUT2D eigenvalue weighted by molar-refractivity contribution is 6.30. The van der Waals surface area contributed by atoms with Gasteiger partial charge in [0, 0.05) is 22.8 Å². The number of hydrogen-bond acceptors (Lipinski definition) is 3. The van der Waals surface area contributed by atoms with Crippen molar-refractivity contribution >= 4 is 34.9 Å². The third-order valence-corrected chi connectivity index (χ3v) is 5.70. The third-order valence-electron chi connectivity index (χ3n) is 5.44. The molecule has 3 aromatic rings. The number of rotatable bonds is 5. The van der Waals surface area contributed by atoms with Crippen LogP contribution in [0, 0.1) is 11.6 Å². The number of carbonyl (C=O) groups excluding carboxylic acids is 2. The summed E-state index contributed by atoms with van der Waals surface area (Å²) < 4.78 is 29.9. The van der Waals surface area contributed by atoms with Crippen molar-refractivity contribution in [3.05, 3.63) is 82.9 Å². The zero-order valence-electron chi connectivity index (χ0n) is 17.3. The molecule has 3 amide bonds. The fourth-order valence-corrected chi connectivity index (χ4v) is 3.91. The topological polar surface area (TPSA) is 81.7 Å². The molecule has 6 nitrogen and oxygen atoms in total. The first-order valence-corrected chi connectivity index (χ1v) is 10.6. The fraction of sp³-hybridized carbons (Fsp3) is 0.167. The van der Waals surface area contributed by atoms with E-state index >= 15 is 0 Å². The Hall–Kier alpha value is -3.49. The summed E-state index contributed by atoms with van der Waals surface area (Å²) in [5, 5.41) is 15.2. The Balaban J connectivity index is 1.49. The lowest BCUT2D eigenvalue weighted by atomic mass is 9.99. The SMILES string of the molecule is O=C(Nc1ccc(Cl)cc1)N[C@@H]1CCN(c2ccc(-c3ccccc3CO)c(F)c2F)C1=O. The van der Waals surface area contributed by atoms with Crippen LogP contribution in [0.3, 0.4) is 0 Å². The van der Waals surface area contributed by atoms with Crippen LogP contribution in [-0.4, -0.2) is 29.6 Å². The zero-order chi connectivity index (χ0) is 23.5. The third kappa shape index (κ3) is 4.67. The molecule has 0 unspecified atom stereocenters. The van der Waals surface area contributed by atoms with Gasteiger partial charge in [0.1, 0.15) is 6.04 Å². The van der Waals surface area contributed by atoms with Crippen LogP contribution in [0.2, 0.25) is 5.02 Å². The zero-order valence-corrected chi connectivity index (χ0v) is 18.1. The van der Waals surface area contributed by atoms with Crippen molar-refractivity contribution in [2.24, 2.45) is 0 Å². The summed E-state index contributed by atoms with van der Waals surface area (Å²) in [6, 6.07) is 14.2. The van der Waals surface area contributed by atoms with E-state index in [2.05, 4.69) is 10.6 Å². The van der Waals surface area contributed by atoms with Gasteiger partial charge >= 0.3 is 6.03 Å². The van der Waals surface area contributed by atoms with Gasteiger partial charge in [-0.05, 0) is 53.9 Å². The smallest absolute Gasteiger partial charge is 0.319 e. The van der Waals surface area contributed by atoms with Crippen molar-refractivity contribution in [1.29, 1.82) is 0 Å². The first-order valence-electron chi connectivity index (χ1n) is 10.2. The first kappa shape index (κ1) is 22.7. The quantitative estimate of drug-likeness (QED) is 0.504. The second-order valence-electron chi connectivity index (χ2n) is 7.51. The summed E-state index contributed by atoms with van der Waals surface area (Å²) in [5.41, 5.74) is 1.10. The molecular weight excluding hydrogens is 452 g/mol. The van der Waals surface area contributed by atoms with Gasteiger partial charge in [-0.1, -0.05) is 35.9 Å². The largest absolute Gasteiger partial charge is 0.392 e. The molecule has 1 aliphatic heterocycles. The van der Waals surface area contributed by atoms with E-state index in [4.69, 9.17) is 11.6 Å². The number of amides is 3. The Morgan fingerprint density at radius 1 is 1.03 bits per heavy atom. The summed E-state index contributed by atoms with van der Waals surface area (Å²) in [7, 11) is 0. The van der Waals surface area contributed by atoms with E-state index in [1.54, 1.807) is 48.5 Å². The van der Waals surface area contributed by atoms with E-state index < -0.39 is 29.6 Å². The van der Waals surface area contributed by atoms with Crippen molar-refractivity contribution in [1.82, 2.24) is 5.32 Å². The van der Waals surface area contributed by atoms with E-state index in [1.807, 2.05) is 0 Å². The average molecular weight is 472 g/mol. The average Bonchev–Trinajstić information content (AvgIpc) is 3.17. The minimum absolute atomic E-state index is 0.00966. The van der Waals surface area contributed by atoms with Gasteiger partial charge in [0.2, 0.25) is 5.91 Å². The molecule has 1 aliphatic rings. The lowest BCUT2D eigenvalue weighted by molar-refractivity contribution is -0.118. The van der Waals surface area contributed by atoms with Gasteiger partial charge in [0.05, 0.1) is 12.3 Å². The minimum atomic E-state index is -1.17. The van der Waals surface area contributed by atoms with Crippen molar-refractivity contribution in [2.45, 2.75) is 19.1 Å². The number of nitrogens with one attached hydrogen (secondary N) is 2. The molecule has 0 aliphatic carbocycles. The van der Waals surface area contributed by atoms with Gasteiger partial charge in [-0.3, -0.25) is 4.79 Å². The molecule has 170 valence electrons. The number of carbonyl (C=O) groups is 2. The molecule has 0 spiro atoms. The van der Waals surface area contributed by atoms with E-state index in [9.17, 15) is 23.5 Å². The van der Waals surface area contributed by atoms with Gasteiger partial charge in [-0.25, -0.2) is 13.6 Å². The van der Waals surface area contributed by atoms with E-state index in [0.717, 1.165) is 4.90 Å². The number of hydrogen-bond donors (Lipinski definition) is 3. The molecule has 1 atom stereocenters. The molecule has 0 bridgehead atoms. The number of urea groups is 1. The summed E-state index contributed by atoms with van der Waals surface area (Å²) in [6.07, 6.45) is 0.239. The van der Waals surface area contributed by atoms with Crippen LogP contribution in [0.15, 0.2) is 60.7 Å². The maximum Gasteiger partial charge on any atom is 0.319 e. The molecule has 3 N–H and O–H groups in total. The molecule has 1 heterocycles. The first-order chi connectivity index (χ1) is 15.9. The van der Waals surface area contributed by atoms with Crippen LogP contribution in [0.4, 0.5) is 25.0 Å². The van der Waals surface area contributed by atoms with Crippen molar-refractivity contribution in [2.75, 3.05) is 16.8 Å². The van der Waals surface area contributed by atoms with Gasteiger partial charge in [-0.2, -0.15) is 0 Å². The van der Waals surface area contributed by atoms with Crippen LogP contribution in [-0.2, 0) is 11.4 Å². The summed E-state index contributed by atoms with van der Waals surface area (Å²) in [5.74, 6) is -2.82. The Morgan fingerprint density at radius 2 is 1.76 bits per heavy atom. The monoisotopic (exact) mass is 471 g/mol. The molecule has 4 rings (SSSR count). The molecule has 1 saturated heterocycles. The lowest BCUT2D eigenvalue weighted by Crippen LogP contribution is -2.43. The molecule has 3 aromatic carbocycles. The normalized spacial score (nSPS) is 15.6. The van der Waals surface area contributed by atoms with Gasteiger partial charge in [-0.15, -0.1) is 0 Å². The highest BCUT2D eigenvalue weighted by Gasteiger charge is 2.35. The van der Waals surface area contributed by atoms with Crippen LogP contribution in [0.25, 0.3) is 11.1 Å². The van der Waals surface area contributed by atoms with Crippen LogP contribution < -0.4 is 15.5 Å². The summed E-state index contributed by atoms with van der Waals surface area (Å²) in [6.45, 7) is -0.206. The van der Waals surface area contributed by atoms with Gasteiger partial charge in [0.15, 0.2) is 11.6 Å². The van der Waals surface area contributed by atoms with E-state index in [0.29, 0.717) is 21.8 Å². The molecule has 33 heavy (non-hydrogen) atoms. The summed E-state index contributed by atoms with van der Waals surface area (Å²) in [4.78, 5) is 26.2. The Labute approximate surface area is 193 Å². The number of aliphatic hydroxyl groups excluding tert-OH is 1. The maximum atomic E-state index is 15.0. The Bertz CT molecular complexity index is 1200. The standard InChI is InChI=1S/C24H20ClF2N3O3/c25-15-5-7-16(8-6-15)28-24(33)29-19-11-12-30(23(19)32)20-10-9-18(21(26)22(20)27)17-4-2-1-3-14(17)13-31/h1-10,19,31H,11-13H2,(H2,28,29,33)/t19-/m1/s1. The van der Waals surface area contributed by atoms with Crippen molar-refractivity contribution in [3.63, 3.8) is 0 Å². The van der Waals surface area contributed by atoms with Crippen LogP contribution in [0.1, 0.15) is 12.0 Å². The Morgan fingerprint density at radius 3 is 2.48 bits per heavy atom. The van der Waals surface area contributed by atoms with Crippen LogP contribution >= 0.6 is 11.6 Å². The predicted molar refractivity (Wildman–Crippen MR) is 122 cm³/mol. The molecule has 1 fully saturated rings. The molecular formula is C24H20ClF2N3O3. The van der Waals surface area contributed by atoms with Crippen LogP contribution in [0.5, 0.6) is 0 Å². The number of benzene rings is 3. The lowest BCUT2D eigenvalue weighted by Gasteiger charge is -2.19. The molecule has 9 heteroatoms. The number of halogens is 3. The van der Waals surface area contributed by atoms with Crippen molar-refractivity contribution < 1.29 is 23.5 Å². The minimum Gasteiger partial charge on any atom is -0.392 e. The number of anilines is 2. The second kappa shape index (κ2) is 9.56. The highest BCUT2D eigenvalue weighted by atomic mass is 35.5. The fourth-order valence-electron chi connectivity index (χ4n) is 3.79. The second-order valence-corrected chi connectivity index (χ2v) is 7.95. The maximum absolute atomic E-state index is 15.0.